The monoisotopic (exact) mass is 532 g/mol. The fraction of sp³-hybridized carbons (Fsp3) is 0.435. The second kappa shape index (κ2) is 14.8. The molecule has 15 heteroatoms. The van der Waals surface area contributed by atoms with Crippen molar-refractivity contribution in [1.82, 2.24) is 26.6 Å². The van der Waals surface area contributed by atoms with Crippen LogP contribution >= 0.6 is 0 Å². The van der Waals surface area contributed by atoms with Crippen molar-refractivity contribution in [3.05, 3.63) is 35.4 Å². The van der Waals surface area contributed by atoms with Crippen LogP contribution in [0.3, 0.4) is 0 Å². The van der Waals surface area contributed by atoms with Gasteiger partial charge in [-0.1, -0.05) is 12.1 Å². The quantitative estimate of drug-likeness (QED) is 0.106. The minimum absolute atomic E-state index is 0.00670. The van der Waals surface area contributed by atoms with E-state index in [0.29, 0.717) is 12.0 Å². The zero-order chi connectivity index (χ0) is 28.1. The van der Waals surface area contributed by atoms with E-state index in [0.717, 1.165) is 0 Å². The Kier molecular flexibility index (Phi) is 11.5. The molecule has 1 aliphatic heterocycles. The van der Waals surface area contributed by atoms with E-state index in [-0.39, 0.29) is 44.0 Å². The third-order valence-corrected chi connectivity index (χ3v) is 5.34. The molecule has 1 aromatic rings. The first kappa shape index (κ1) is 29.5. The molecule has 1 heterocycles. The Morgan fingerprint density at radius 1 is 0.947 bits per heavy atom. The van der Waals surface area contributed by atoms with Crippen molar-refractivity contribution in [1.29, 1.82) is 0 Å². The number of nitrogens with one attached hydrogen (secondary N) is 5. The van der Waals surface area contributed by atoms with Crippen LogP contribution in [0.15, 0.2) is 29.3 Å². The maximum absolute atomic E-state index is 12.7. The zero-order valence-corrected chi connectivity index (χ0v) is 20.6. The third kappa shape index (κ3) is 10.5. The van der Waals surface area contributed by atoms with Crippen LogP contribution < -0.4 is 38.1 Å². The van der Waals surface area contributed by atoms with E-state index in [1.54, 1.807) is 18.2 Å². The van der Waals surface area contributed by atoms with Gasteiger partial charge in [-0.15, -0.1) is 0 Å². The highest BCUT2D eigenvalue weighted by Gasteiger charge is 2.25. The maximum Gasteiger partial charge on any atom is 0.305 e. The van der Waals surface area contributed by atoms with Crippen molar-refractivity contribution < 1.29 is 33.9 Å². The summed E-state index contributed by atoms with van der Waals surface area (Å²) in [6.07, 6.45) is -0.344. The lowest BCUT2D eigenvalue weighted by molar-refractivity contribution is -0.140. The molecule has 206 valence electrons. The molecule has 5 amide bonds. The minimum atomic E-state index is -1.42. The van der Waals surface area contributed by atoms with Crippen LogP contribution in [0.4, 0.5) is 0 Å². The van der Waals surface area contributed by atoms with E-state index in [1.807, 2.05) is 0 Å². The molecule has 15 nitrogen and oxygen atoms in total. The number of aliphatic imine (C=N–C) groups is 1. The minimum Gasteiger partial charge on any atom is -0.481 e. The SMILES string of the molecule is NC(N)=NCCC[C@@H]1NC(=O)CCNC(=O)c2cccc(c2)CNC(=O)[C@H](CC(=O)O)NC(=O)CNC1=O. The van der Waals surface area contributed by atoms with E-state index in [2.05, 4.69) is 31.6 Å². The smallest absolute Gasteiger partial charge is 0.305 e. The van der Waals surface area contributed by atoms with Crippen molar-refractivity contribution in [3.63, 3.8) is 0 Å². The van der Waals surface area contributed by atoms with Crippen molar-refractivity contribution in [2.24, 2.45) is 16.5 Å². The first-order chi connectivity index (χ1) is 18.0. The van der Waals surface area contributed by atoms with Crippen LogP contribution in [0.25, 0.3) is 0 Å². The number of fused-ring (bicyclic) bond motifs is 2. The summed E-state index contributed by atoms with van der Waals surface area (Å²) >= 11 is 0. The molecule has 0 saturated heterocycles. The largest absolute Gasteiger partial charge is 0.481 e. The summed E-state index contributed by atoms with van der Waals surface area (Å²) in [4.78, 5) is 77.8. The van der Waals surface area contributed by atoms with Crippen LogP contribution in [0.2, 0.25) is 0 Å². The molecule has 2 atom stereocenters. The normalized spacial score (nSPS) is 19.7. The molecule has 0 radical (unpaired) electrons. The van der Waals surface area contributed by atoms with Gasteiger partial charge in [0, 0.05) is 31.6 Å². The van der Waals surface area contributed by atoms with Gasteiger partial charge >= 0.3 is 5.97 Å². The van der Waals surface area contributed by atoms with Crippen LogP contribution in [-0.4, -0.2) is 78.3 Å². The summed E-state index contributed by atoms with van der Waals surface area (Å²) in [6, 6.07) is 3.88. The highest BCUT2D eigenvalue weighted by Crippen LogP contribution is 2.06. The van der Waals surface area contributed by atoms with Gasteiger partial charge in [0.1, 0.15) is 12.1 Å². The third-order valence-electron chi connectivity index (χ3n) is 5.34. The van der Waals surface area contributed by atoms with Crippen LogP contribution in [-0.2, 0) is 30.5 Å². The predicted octanol–water partition coefficient (Wildman–Crippen LogP) is -2.95. The number of carboxylic acid groups (broad SMARTS) is 1. The maximum atomic E-state index is 12.7. The summed E-state index contributed by atoms with van der Waals surface area (Å²) in [7, 11) is 0. The van der Waals surface area contributed by atoms with Gasteiger partial charge in [-0.3, -0.25) is 33.8 Å². The van der Waals surface area contributed by atoms with Gasteiger partial charge in [0.15, 0.2) is 5.96 Å². The van der Waals surface area contributed by atoms with Crippen molar-refractivity contribution in [3.8, 4) is 0 Å². The lowest BCUT2D eigenvalue weighted by atomic mass is 10.1. The Bertz CT molecular complexity index is 1090. The number of carbonyl (C=O) groups is 6. The summed E-state index contributed by atoms with van der Waals surface area (Å²) in [6.45, 7) is -0.413. The number of carbonyl (C=O) groups excluding carboxylic acids is 5. The number of carboxylic acids is 1. The fourth-order valence-electron chi connectivity index (χ4n) is 3.49. The Morgan fingerprint density at radius 3 is 2.34 bits per heavy atom. The Labute approximate surface area is 218 Å². The van der Waals surface area contributed by atoms with Gasteiger partial charge in [0.05, 0.1) is 13.0 Å². The molecule has 0 fully saturated rings. The van der Waals surface area contributed by atoms with Crippen LogP contribution in [0.5, 0.6) is 0 Å². The van der Waals surface area contributed by atoms with E-state index in [1.165, 1.54) is 6.07 Å². The summed E-state index contributed by atoms with van der Waals surface area (Å²) in [5.41, 5.74) is 11.4. The topological polar surface area (TPSA) is 247 Å². The van der Waals surface area contributed by atoms with Crippen LogP contribution in [0, 0.1) is 0 Å². The van der Waals surface area contributed by atoms with Crippen molar-refractivity contribution in [2.45, 2.75) is 44.3 Å². The first-order valence-electron chi connectivity index (χ1n) is 11.8. The molecule has 38 heavy (non-hydrogen) atoms. The molecule has 0 aromatic heterocycles. The standard InChI is InChI=1S/C23H32N8O7/c24-23(25)27-7-2-5-15-21(37)29-12-18(33)31-16(10-19(34)35)22(38)28-11-13-3-1-4-14(9-13)20(36)26-8-6-17(32)30-15/h1,3-4,9,15-16H,2,5-8,10-12H2,(H,26,36)(H,28,38)(H,29,37)(H,30,32)(H,31,33)(H,34,35)(H4,24,25,27)/t15-,16-/m0/s1. The van der Waals surface area contributed by atoms with Gasteiger partial charge in [-0.2, -0.15) is 0 Å². The number of nitrogens with two attached hydrogens (primary N) is 2. The lowest BCUT2D eigenvalue weighted by Gasteiger charge is -2.19. The Hall–Kier alpha value is -4.69. The number of hydrogen-bond acceptors (Lipinski definition) is 7. The summed E-state index contributed by atoms with van der Waals surface area (Å²) in [5, 5.41) is 21.5. The van der Waals surface area contributed by atoms with Gasteiger partial charge in [-0.05, 0) is 30.5 Å². The summed E-state index contributed by atoms with van der Waals surface area (Å²) < 4.78 is 0. The molecule has 10 N–H and O–H groups in total. The molecule has 0 aliphatic carbocycles. The molecule has 2 bridgehead atoms. The average Bonchev–Trinajstić information content (AvgIpc) is 2.86. The lowest BCUT2D eigenvalue weighted by Crippen LogP contribution is -2.52. The number of guanidine groups is 1. The fourth-order valence-corrected chi connectivity index (χ4v) is 3.49. The Morgan fingerprint density at radius 2 is 1.63 bits per heavy atom. The molecular weight excluding hydrogens is 500 g/mol. The second-order valence-corrected chi connectivity index (χ2v) is 8.43. The highest BCUT2D eigenvalue weighted by atomic mass is 16.4. The van der Waals surface area contributed by atoms with Gasteiger partial charge in [0.25, 0.3) is 5.91 Å². The van der Waals surface area contributed by atoms with Crippen molar-refractivity contribution >= 4 is 41.5 Å². The number of amides is 5. The van der Waals surface area contributed by atoms with E-state index in [4.69, 9.17) is 16.6 Å². The molecule has 2 rings (SSSR count). The van der Waals surface area contributed by atoms with E-state index in [9.17, 15) is 28.8 Å². The first-order valence-corrected chi connectivity index (χ1v) is 11.8. The number of rotatable bonds is 6. The number of benzene rings is 1. The Balaban J connectivity index is 2.22. The summed E-state index contributed by atoms with van der Waals surface area (Å²) in [5.74, 6) is -4.67. The average molecular weight is 533 g/mol. The molecule has 1 aromatic carbocycles. The number of hydrogen-bond donors (Lipinski definition) is 8. The van der Waals surface area contributed by atoms with Gasteiger partial charge in [0.2, 0.25) is 23.6 Å². The predicted molar refractivity (Wildman–Crippen MR) is 134 cm³/mol. The molecule has 0 spiro atoms. The molecule has 0 saturated carbocycles. The van der Waals surface area contributed by atoms with E-state index >= 15 is 0 Å². The molecular formula is C23H32N8O7. The molecule has 1 aliphatic rings. The van der Waals surface area contributed by atoms with Crippen molar-refractivity contribution in [2.75, 3.05) is 19.6 Å². The number of aliphatic carboxylic acids is 1. The van der Waals surface area contributed by atoms with Gasteiger partial charge < -0.3 is 43.2 Å². The van der Waals surface area contributed by atoms with E-state index < -0.39 is 60.6 Å². The molecule has 0 unspecified atom stereocenters. The van der Waals surface area contributed by atoms with Crippen LogP contribution in [0.1, 0.15) is 41.6 Å². The second-order valence-electron chi connectivity index (χ2n) is 8.43. The van der Waals surface area contributed by atoms with Gasteiger partial charge in [-0.25, -0.2) is 0 Å². The number of nitrogens with zero attached hydrogens (tertiary/aromatic N) is 1. The highest BCUT2D eigenvalue weighted by molar-refractivity contribution is 5.95. The zero-order valence-electron chi connectivity index (χ0n) is 20.6.